The molecule has 0 fully saturated rings. The van der Waals surface area contributed by atoms with Gasteiger partial charge in [-0.3, -0.25) is 4.67 Å². The summed E-state index contributed by atoms with van der Waals surface area (Å²) in [5, 5.41) is 1.26. The molecular formula is C14H22N3PS. The summed E-state index contributed by atoms with van der Waals surface area (Å²) in [7, 11) is 4.09. The highest BCUT2D eigenvalue weighted by atomic mass is 32.4. The molecule has 0 unspecified atom stereocenters. The first kappa shape index (κ1) is 14.7. The number of amidine groups is 1. The largest absolute Gasteiger partial charge is 0.361 e. The van der Waals surface area contributed by atoms with Gasteiger partial charge in [-0.2, -0.15) is 0 Å². The fraction of sp³-hybridized carbons (Fsp3) is 0.500. The average Bonchev–Trinajstić information content (AvgIpc) is 2.65. The van der Waals surface area contributed by atoms with Crippen molar-refractivity contribution in [3.63, 3.8) is 0 Å². The molecule has 1 aliphatic rings. The van der Waals surface area contributed by atoms with Crippen molar-refractivity contribution in [3.8, 4) is 0 Å². The smallest absolute Gasteiger partial charge is 0.156 e. The van der Waals surface area contributed by atoms with E-state index in [1.807, 2.05) is 14.1 Å². The number of fused-ring (bicyclic) bond motifs is 1. The Morgan fingerprint density at radius 3 is 2.37 bits per heavy atom. The quantitative estimate of drug-likeness (QED) is 0.799. The normalized spacial score (nSPS) is 21.5. The average molecular weight is 295 g/mol. The third-order valence-corrected chi connectivity index (χ3v) is 8.67. The minimum Gasteiger partial charge on any atom is -0.361 e. The van der Waals surface area contributed by atoms with E-state index in [1.165, 1.54) is 10.9 Å². The van der Waals surface area contributed by atoms with Gasteiger partial charge >= 0.3 is 0 Å². The van der Waals surface area contributed by atoms with Gasteiger partial charge in [0, 0.05) is 32.5 Å². The van der Waals surface area contributed by atoms with Gasteiger partial charge in [-0.05, 0) is 19.1 Å². The van der Waals surface area contributed by atoms with Gasteiger partial charge in [0.05, 0.1) is 5.69 Å². The molecule has 0 aliphatic carbocycles. The van der Waals surface area contributed by atoms with Crippen LogP contribution in [-0.2, 0) is 11.8 Å². The minimum absolute atomic E-state index is 0.966. The van der Waals surface area contributed by atoms with Crippen LogP contribution in [0.5, 0.6) is 0 Å². The summed E-state index contributed by atoms with van der Waals surface area (Å²) in [6.45, 7) is 8.41. The molecule has 0 saturated heterocycles. The van der Waals surface area contributed by atoms with E-state index in [-0.39, 0.29) is 0 Å². The van der Waals surface area contributed by atoms with Crippen molar-refractivity contribution in [2.24, 2.45) is 4.99 Å². The molecule has 5 heteroatoms. The van der Waals surface area contributed by atoms with Crippen LogP contribution in [-0.4, -0.2) is 42.3 Å². The Kier molecular flexibility index (Phi) is 4.14. The van der Waals surface area contributed by atoms with Gasteiger partial charge in [0.15, 0.2) is 5.58 Å². The first-order valence-electron chi connectivity index (χ1n) is 6.68. The molecule has 104 valence electrons. The van der Waals surface area contributed by atoms with Gasteiger partial charge in [0.2, 0.25) is 0 Å². The molecule has 0 amide bonds. The molecule has 0 N–H and O–H groups in total. The fourth-order valence-electron chi connectivity index (χ4n) is 2.53. The summed E-state index contributed by atoms with van der Waals surface area (Å²) in [5.74, 6) is 0. The Bertz CT molecular complexity index is 562. The molecule has 0 aromatic heterocycles. The molecule has 0 saturated carbocycles. The summed E-state index contributed by atoms with van der Waals surface area (Å²) in [6, 6.07) is 6.45. The SMILES string of the molecule is CCN(CC)[P@]1(=S)C(N(C)C)=Nc2ccc(C)cc21. The molecule has 1 aliphatic heterocycles. The van der Waals surface area contributed by atoms with E-state index in [0.29, 0.717) is 0 Å². The van der Waals surface area contributed by atoms with E-state index >= 15 is 0 Å². The van der Waals surface area contributed by atoms with Crippen LogP contribution in [0.4, 0.5) is 5.69 Å². The maximum absolute atomic E-state index is 6.16. The van der Waals surface area contributed by atoms with E-state index in [4.69, 9.17) is 16.8 Å². The maximum Gasteiger partial charge on any atom is 0.156 e. The number of hydrogen-bond donors (Lipinski definition) is 0. The van der Waals surface area contributed by atoms with Crippen molar-refractivity contribution >= 4 is 34.6 Å². The second-order valence-corrected chi connectivity index (χ2v) is 9.20. The molecule has 2 rings (SSSR count). The molecule has 1 aromatic carbocycles. The monoisotopic (exact) mass is 295 g/mol. The van der Waals surface area contributed by atoms with E-state index in [1.54, 1.807) is 0 Å². The van der Waals surface area contributed by atoms with Crippen LogP contribution in [0, 0.1) is 6.92 Å². The van der Waals surface area contributed by atoms with Gasteiger partial charge in [-0.15, -0.1) is 0 Å². The number of rotatable bonds is 3. The fourth-order valence-corrected chi connectivity index (χ4v) is 7.44. The molecule has 3 nitrogen and oxygen atoms in total. The van der Waals surface area contributed by atoms with E-state index in [2.05, 4.69) is 48.5 Å². The third kappa shape index (κ3) is 2.26. The zero-order chi connectivity index (χ0) is 14.2. The third-order valence-electron chi connectivity index (χ3n) is 3.48. The second kappa shape index (κ2) is 5.35. The molecule has 0 radical (unpaired) electrons. The van der Waals surface area contributed by atoms with Crippen molar-refractivity contribution in [1.29, 1.82) is 0 Å². The predicted molar refractivity (Wildman–Crippen MR) is 88.8 cm³/mol. The van der Waals surface area contributed by atoms with Crippen LogP contribution < -0.4 is 5.30 Å². The predicted octanol–water partition coefficient (Wildman–Crippen LogP) is 2.92. The van der Waals surface area contributed by atoms with Gasteiger partial charge in [-0.25, -0.2) is 4.99 Å². The molecule has 0 spiro atoms. The lowest BCUT2D eigenvalue weighted by Gasteiger charge is -2.34. The van der Waals surface area contributed by atoms with Gasteiger partial charge < -0.3 is 4.90 Å². The Balaban J connectivity index is 2.66. The van der Waals surface area contributed by atoms with Crippen molar-refractivity contribution < 1.29 is 0 Å². The number of aliphatic imine (C=N–C) groups is 1. The Morgan fingerprint density at radius 1 is 1.21 bits per heavy atom. The van der Waals surface area contributed by atoms with Crippen LogP contribution >= 0.6 is 6.19 Å². The summed E-state index contributed by atoms with van der Waals surface area (Å²) >= 11 is 6.16. The van der Waals surface area contributed by atoms with Gasteiger partial charge in [-0.1, -0.05) is 37.3 Å². The topological polar surface area (TPSA) is 18.8 Å². The lowest BCUT2D eigenvalue weighted by molar-refractivity contribution is 0.510. The zero-order valence-electron chi connectivity index (χ0n) is 12.3. The summed E-state index contributed by atoms with van der Waals surface area (Å²) in [6.07, 6.45) is -1.92. The molecule has 1 heterocycles. The Hall–Kier alpha value is -0.700. The maximum atomic E-state index is 6.16. The first-order chi connectivity index (χ1) is 8.94. The van der Waals surface area contributed by atoms with Crippen LogP contribution in [0.3, 0.4) is 0 Å². The van der Waals surface area contributed by atoms with Crippen LogP contribution in [0.1, 0.15) is 19.4 Å². The summed E-state index contributed by atoms with van der Waals surface area (Å²) < 4.78 is 2.41. The zero-order valence-corrected chi connectivity index (χ0v) is 14.1. The highest BCUT2D eigenvalue weighted by Gasteiger charge is 2.39. The van der Waals surface area contributed by atoms with Crippen molar-refractivity contribution in [1.82, 2.24) is 9.57 Å². The van der Waals surface area contributed by atoms with E-state index in [0.717, 1.165) is 24.4 Å². The minimum atomic E-state index is -1.92. The molecule has 0 bridgehead atoms. The molecule has 1 aromatic rings. The molecule has 19 heavy (non-hydrogen) atoms. The van der Waals surface area contributed by atoms with E-state index in [9.17, 15) is 0 Å². The first-order valence-corrected chi connectivity index (χ1v) is 9.43. The molecular weight excluding hydrogens is 273 g/mol. The van der Waals surface area contributed by atoms with Crippen molar-refractivity contribution in [2.45, 2.75) is 20.8 Å². The standard InChI is InChI=1S/C14H22N3PS/c1-6-17(7-2)18(19)13-10-11(3)8-9-12(13)15-14(18)16(4)5/h8-10H,6-7H2,1-5H3/t18-/m1/s1. The second-order valence-electron chi connectivity index (χ2n) is 5.01. The van der Waals surface area contributed by atoms with Crippen LogP contribution in [0.25, 0.3) is 0 Å². The highest BCUT2D eigenvalue weighted by Crippen LogP contribution is 2.57. The number of benzene rings is 1. The Morgan fingerprint density at radius 2 is 1.84 bits per heavy atom. The lowest BCUT2D eigenvalue weighted by atomic mass is 10.2. The van der Waals surface area contributed by atoms with Crippen molar-refractivity contribution in [2.75, 3.05) is 27.2 Å². The van der Waals surface area contributed by atoms with Gasteiger partial charge in [0.25, 0.3) is 0 Å². The van der Waals surface area contributed by atoms with Crippen molar-refractivity contribution in [3.05, 3.63) is 23.8 Å². The molecule has 1 atom stereocenters. The number of hydrogen-bond acceptors (Lipinski definition) is 3. The highest BCUT2D eigenvalue weighted by molar-refractivity contribution is 8.25. The summed E-state index contributed by atoms with van der Waals surface area (Å²) in [4.78, 5) is 6.90. The number of nitrogens with zero attached hydrogens (tertiary/aromatic N) is 3. The Labute approximate surface area is 121 Å². The van der Waals surface area contributed by atoms with Crippen LogP contribution in [0.2, 0.25) is 0 Å². The lowest BCUT2D eigenvalue weighted by Crippen LogP contribution is -2.33. The van der Waals surface area contributed by atoms with Crippen LogP contribution in [0.15, 0.2) is 23.2 Å². The summed E-state index contributed by atoms with van der Waals surface area (Å²) in [5.41, 5.74) is 3.38. The van der Waals surface area contributed by atoms with Gasteiger partial charge in [0.1, 0.15) is 6.19 Å². The van der Waals surface area contributed by atoms with E-state index < -0.39 is 6.19 Å². The number of aryl methyl sites for hydroxylation is 1.